The van der Waals surface area contributed by atoms with E-state index < -0.39 is 53.4 Å². The van der Waals surface area contributed by atoms with Crippen molar-refractivity contribution in [3.05, 3.63) is 47.5 Å². The topological polar surface area (TPSA) is 60.7 Å². The predicted octanol–water partition coefficient (Wildman–Crippen LogP) is 0.520. The molecule has 2 aromatic rings. The summed E-state index contributed by atoms with van der Waals surface area (Å²) in [6, 6.07) is 5.64. The van der Waals surface area contributed by atoms with Crippen LogP contribution in [0, 0.1) is 6.07 Å². The van der Waals surface area contributed by atoms with Crippen LogP contribution in [0.1, 0.15) is 11.1 Å². The van der Waals surface area contributed by atoms with Gasteiger partial charge in [-0.2, -0.15) is 35.1 Å². The fourth-order valence-corrected chi connectivity index (χ4v) is 1.96. The molecule has 2 aromatic carbocycles. The van der Waals surface area contributed by atoms with Gasteiger partial charge in [-0.3, -0.25) is 0 Å². The molecule has 0 saturated heterocycles. The third-order valence-electron chi connectivity index (χ3n) is 3.15. The standard InChI is InChI=1S/C14H5F10.BH3O3.BrH.Mg/c15-11(16,13(19,20)21)9-5-7-3-1-2-4-8(7)6-10(9)12(17,18)14(22,23)24;2-1(3)4;;/h1-5H;2-4H;1H;/q-1;;;+2/p-1. The second-order valence-corrected chi connectivity index (χ2v) is 5.14. The van der Waals surface area contributed by atoms with Crippen molar-refractivity contribution in [3.8, 4) is 0 Å². The summed E-state index contributed by atoms with van der Waals surface area (Å²) in [5.41, 5.74) is -5.05. The van der Waals surface area contributed by atoms with Crippen LogP contribution >= 0.6 is 0 Å². The van der Waals surface area contributed by atoms with Crippen molar-refractivity contribution in [1.29, 1.82) is 0 Å². The molecule has 16 heteroatoms. The van der Waals surface area contributed by atoms with Crippen LogP contribution in [0.5, 0.6) is 0 Å². The largest absolute Gasteiger partial charge is 2.00 e. The van der Waals surface area contributed by atoms with Gasteiger partial charge in [0, 0.05) is 0 Å². The molecule has 164 valence electrons. The maximum atomic E-state index is 13.5. The molecule has 3 nitrogen and oxygen atoms in total. The number of benzene rings is 2. The summed E-state index contributed by atoms with van der Waals surface area (Å²) < 4.78 is 129. The molecule has 2 rings (SSSR count). The monoisotopic (exact) mass is 528 g/mol. The summed E-state index contributed by atoms with van der Waals surface area (Å²) in [7, 11) is -2.17. The second-order valence-electron chi connectivity index (χ2n) is 5.14. The predicted molar refractivity (Wildman–Crippen MR) is 80.8 cm³/mol. The summed E-state index contributed by atoms with van der Waals surface area (Å²) in [6.07, 6.45) is -12.7. The number of fused-ring (bicyclic) bond motifs is 1. The van der Waals surface area contributed by atoms with E-state index in [0.29, 0.717) is 0 Å². The van der Waals surface area contributed by atoms with E-state index in [1.54, 1.807) is 0 Å². The molecule has 3 N–H and O–H groups in total. The normalized spacial score (nSPS) is 12.3. The van der Waals surface area contributed by atoms with E-state index in [1.807, 2.05) is 0 Å². The minimum atomic E-state index is -6.37. The third-order valence-corrected chi connectivity index (χ3v) is 3.15. The molecular weight excluding hydrogens is 521 g/mol. The molecular formula is C14H8BBrF10MgO3. The van der Waals surface area contributed by atoms with Gasteiger partial charge in [0.2, 0.25) is 0 Å². The maximum absolute atomic E-state index is 13.5. The Bertz CT molecular complexity index is 762. The number of halogens is 11. The van der Waals surface area contributed by atoms with E-state index in [2.05, 4.69) is 0 Å². The Hall–Kier alpha value is -0.809. The summed E-state index contributed by atoms with van der Waals surface area (Å²) in [4.78, 5) is 0. The van der Waals surface area contributed by atoms with Gasteiger partial charge in [0.15, 0.2) is 0 Å². The minimum absolute atomic E-state index is 0. The van der Waals surface area contributed by atoms with Crippen molar-refractivity contribution < 1.29 is 76.0 Å². The van der Waals surface area contributed by atoms with E-state index in [-0.39, 0.29) is 46.1 Å². The zero-order chi connectivity index (χ0) is 22.1. The van der Waals surface area contributed by atoms with Crippen LogP contribution in [0.25, 0.3) is 10.8 Å². The summed E-state index contributed by atoms with van der Waals surface area (Å²) in [5.74, 6) is -11.9. The molecule has 0 amide bonds. The molecule has 0 atom stereocenters. The van der Waals surface area contributed by atoms with Gasteiger partial charge in [-0.15, -0.1) is 35.0 Å². The number of alkyl halides is 10. The van der Waals surface area contributed by atoms with E-state index in [1.165, 1.54) is 18.2 Å². The Balaban J connectivity index is 0. The first kappa shape index (κ1) is 31.4. The molecule has 0 fully saturated rings. The maximum Gasteiger partial charge on any atom is 2.00 e. The van der Waals surface area contributed by atoms with Gasteiger partial charge in [0.1, 0.15) is 0 Å². The molecule has 0 saturated carbocycles. The SMILES string of the molecule is FC(F)(F)C(F)(F)c1[c-]c2ccccc2cc1C(F)(F)C(F)(F)F.OB(O)O.[Br-].[Mg+2]. The van der Waals surface area contributed by atoms with Crippen molar-refractivity contribution in [2.75, 3.05) is 0 Å². The fraction of sp³-hybridized carbons (Fsp3) is 0.286. The number of hydrogen-bond acceptors (Lipinski definition) is 3. The fourth-order valence-electron chi connectivity index (χ4n) is 1.96. The zero-order valence-electron chi connectivity index (χ0n) is 14.2. The van der Waals surface area contributed by atoms with Crippen LogP contribution in [0.2, 0.25) is 0 Å². The van der Waals surface area contributed by atoms with Crippen molar-refractivity contribution >= 4 is 41.1 Å². The first-order chi connectivity index (χ1) is 12.4. The molecule has 0 spiro atoms. The Morgan fingerprint density at radius 1 is 0.733 bits per heavy atom. The molecule has 0 aliphatic carbocycles. The van der Waals surface area contributed by atoms with Gasteiger partial charge in [-0.1, -0.05) is 12.1 Å². The molecule has 0 aliphatic heterocycles. The van der Waals surface area contributed by atoms with Crippen molar-refractivity contribution in [2.45, 2.75) is 24.2 Å². The Morgan fingerprint density at radius 3 is 1.53 bits per heavy atom. The van der Waals surface area contributed by atoms with Crippen molar-refractivity contribution in [3.63, 3.8) is 0 Å². The van der Waals surface area contributed by atoms with Crippen LogP contribution < -0.4 is 17.0 Å². The molecule has 0 radical (unpaired) electrons. The van der Waals surface area contributed by atoms with E-state index in [4.69, 9.17) is 15.1 Å². The average molecular weight is 529 g/mol. The smallest absolute Gasteiger partial charge is 1.00 e. The van der Waals surface area contributed by atoms with Gasteiger partial charge >= 0.3 is 54.6 Å². The first-order valence-electron chi connectivity index (χ1n) is 6.82. The molecule has 0 aromatic heterocycles. The Kier molecular flexibility index (Phi) is 11.2. The van der Waals surface area contributed by atoms with Gasteiger partial charge in [0.25, 0.3) is 0 Å². The van der Waals surface area contributed by atoms with Crippen LogP contribution in [-0.4, -0.2) is 57.8 Å². The third kappa shape index (κ3) is 6.85. The summed E-state index contributed by atoms with van der Waals surface area (Å²) >= 11 is 0. The number of rotatable bonds is 2. The number of hydrogen-bond donors (Lipinski definition) is 3. The molecule has 0 unspecified atom stereocenters. The molecule has 0 bridgehead atoms. The second kappa shape index (κ2) is 10.7. The van der Waals surface area contributed by atoms with Crippen LogP contribution in [-0.2, 0) is 11.8 Å². The molecule has 0 aliphatic rings. The first-order valence-corrected chi connectivity index (χ1v) is 6.82. The summed E-state index contributed by atoms with van der Waals surface area (Å²) in [6.45, 7) is 0. The van der Waals surface area contributed by atoms with Crippen molar-refractivity contribution in [2.24, 2.45) is 0 Å². The van der Waals surface area contributed by atoms with E-state index in [0.717, 1.165) is 12.1 Å². The van der Waals surface area contributed by atoms with E-state index >= 15 is 0 Å². The van der Waals surface area contributed by atoms with Gasteiger partial charge in [0.05, 0.1) is 0 Å². The molecule has 30 heavy (non-hydrogen) atoms. The van der Waals surface area contributed by atoms with Gasteiger partial charge < -0.3 is 32.1 Å². The van der Waals surface area contributed by atoms with Gasteiger partial charge in [-0.25, -0.2) is 8.78 Å². The zero-order valence-corrected chi connectivity index (χ0v) is 17.2. The quantitative estimate of drug-likeness (QED) is 0.302. The van der Waals surface area contributed by atoms with Gasteiger partial charge in [-0.05, 0) is 11.1 Å². The molecule has 0 heterocycles. The Morgan fingerprint density at radius 2 is 1.13 bits per heavy atom. The minimum Gasteiger partial charge on any atom is -1.00 e. The van der Waals surface area contributed by atoms with Crippen LogP contribution in [0.15, 0.2) is 30.3 Å². The average Bonchev–Trinajstić information content (AvgIpc) is 2.50. The Labute approximate surface area is 188 Å². The van der Waals surface area contributed by atoms with Crippen LogP contribution in [0.4, 0.5) is 43.9 Å². The van der Waals surface area contributed by atoms with Crippen LogP contribution in [0.3, 0.4) is 0 Å². The van der Waals surface area contributed by atoms with Crippen molar-refractivity contribution in [1.82, 2.24) is 0 Å². The van der Waals surface area contributed by atoms with E-state index in [9.17, 15) is 43.9 Å². The summed E-state index contributed by atoms with van der Waals surface area (Å²) in [5, 5.41) is 20.6.